The lowest BCUT2D eigenvalue weighted by Gasteiger charge is -2.33. The van der Waals surface area contributed by atoms with Crippen molar-refractivity contribution in [2.24, 2.45) is 0 Å². The molecule has 12 aromatic rings. The molecule has 0 aliphatic heterocycles. The Kier molecular flexibility index (Phi) is 11.3. The Morgan fingerprint density at radius 3 is 1.09 bits per heavy atom. The van der Waals surface area contributed by atoms with Crippen molar-refractivity contribution in [3.63, 3.8) is 0 Å². The molecule has 0 radical (unpaired) electrons. The second-order valence-electron chi connectivity index (χ2n) is 23.4. The molecule has 0 amide bonds. The Labute approximate surface area is 436 Å². The molecule has 0 fully saturated rings. The smallest absolute Gasteiger partial charge is 0.159 e. The maximum atomic E-state index is 7.04. The average Bonchev–Trinajstić information content (AvgIpc) is 3.99. The molecule has 74 heavy (non-hydrogen) atoms. The molecule has 0 bridgehead atoms. The first-order chi connectivity index (χ1) is 35.5. The molecule has 0 saturated carbocycles. The third kappa shape index (κ3) is 7.46. The second-order valence-corrected chi connectivity index (χ2v) is 23.4. The Hall–Kier alpha value is -7.56. The van der Waals surface area contributed by atoms with Crippen LogP contribution in [0.2, 0.25) is 0 Å². The minimum Gasteiger partial charge on any atom is -0.454 e. The zero-order valence-electron chi connectivity index (χ0n) is 45.3. The number of furan rings is 2. The first-order valence-electron chi connectivity index (χ1n) is 27.0. The van der Waals surface area contributed by atoms with Crippen LogP contribution in [-0.2, 0) is 23.7 Å². The molecule has 4 nitrogen and oxygen atoms in total. The van der Waals surface area contributed by atoms with Crippen LogP contribution in [-0.4, -0.2) is 0 Å². The number of aryl methyl sites for hydroxylation is 2. The van der Waals surface area contributed by atoms with Gasteiger partial charge in [0.25, 0.3) is 0 Å². The highest BCUT2D eigenvalue weighted by Crippen LogP contribution is 2.54. The summed E-state index contributed by atoms with van der Waals surface area (Å²) >= 11 is 0. The van der Waals surface area contributed by atoms with Gasteiger partial charge in [-0.15, -0.1) is 0 Å². The van der Waals surface area contributed by atoms with E-state index in [-0.39, 0.29) is 22.7 Å². The highest BCUT2D eigenvalue weighted by atomic mass is 16.3. The maximum Gasteiger partial charge on any atom is 0.159 e. The first-order valence-corrected chi connectivity index (χ1v) is 27.0. The van der Waals surface area contributed by atoms with Crippen LogP contribution in [0.15, 0.2) is 167 Å². The Balaban J connectivity index is 1.22. The second kappa shape index (κ2) is 17.5. The van der Waals surface area contributed by atoms with Crippen LogP contribution < -0.4 is 9.80 Å². The summed E-state index contributed by atoms with van der Waals surface area (Å²) in [6.45, 7) is 27.7. The van der Waals surface area contributed by atoms with Gasteiger partial charge < -0.3 is 18.6 Å². The molecule has 10 aromatic carbocycles. The SMILES string of the molecule is CCc1ccc2c(oc3ccccc32)c1N(c1ccc(C(C)(C)C)cc1)c1cc(C(C)C)c2ccc3c(N(c4ccc(C(C)(C)C)cc4)c4c(CC)ccc5c4oc4ccccc45)cc(C(C)C)c4ccc1c2c43. The van der Waals surface area contributed by atoms with Gasteiger partial charge in [-0.25, -0.2) is 0 Å². The highest BCUT2D eigenvalue weighted by Gasteiger charge is 2.31. The van der Waals surface area contributed by atoms with Crippen LogP contribution in [0.1, 0.15) is 128 Å². The molecule has 12 rings (SSSR count). The summed E-state index contributed by atoms with van der Waals surface area (Å²) in [5, 5.41) is 12.1. The van der Waals surface area contributed by atoms with E-state index < -0.39 is 0 Å². The molecule has 0 atom stereocenters. The largest absolute Gasteiger partial charge is 0.454 e. The van der Waals surface area contributed by atoms with Gasteiger partial charge in [0.2, 0.25) is 0 Å². The van der Waals surface area contributed by atoms with Crippen LogP contribution in [0.25, 0.3) is 76.2 Å². The zero-order chi connectivity index (χ0) is 51.5. The fourth-order valence-corrected chi connectivity index (χ4v) is 12.0. The van der Waals surface area contributed by atoms with E-state index in [0.717, 1.165) is 90.8 Å². The summed E-state index contributed by atoms with van der Waals surface area (Å²) in [5.41, 5.74) is 18.0. The van der Waals surface area contributed by atoms with E-state index in [9.17, 15) is 0 Å². The molecule has 0 N–H and O–H groups in total. The number of benzene rings is 10. The van der Waals surface area contributed by atoms with E-state index >= 15 is 0 Å². The Morgan fingerprint density at radius 1 is 0.392 bits per heavy atom. The van der Waals surface area contributed by atoms with Crippen molar-refractivity contribution in [3.05, 3.63) is 191 Å². The molecule has 4 heteroatoms. The summed E-state index contributed by atoms with van der Waals surface area (Å²) in [6, 6.07) is 59.4. The van der Waals surface area contributed by atoms with Gasteiger partial charge in [-0.05, 0) is 139 Å². The van der Waals surface area contributed by atoms with Gasteiger partial charge in [-0.3, -0.25) is 0 Å². The summed E-state index contributed by atoms with van der Waals surface area (Å²) in [4.78, 5) is 5.08. The molecular weight excluding hydrogens is 901 g/mol. The van der Waals surface area contributed by atoms with E-state index in [2.05, 4.69) is 251 Å². The van der Waals surface area contributed by atoms with Crippen LogP contribution in [0.4, 0.5) is 34.1 Å². The van der Waals surface area contributed by atoms with Crippen LogP contribution in [0, 0.1) is 0 Å². The van der Waals surface area contributed by atoms with Crippen LogP contribution >= 0.6 is 0 Å². The Morgan fingerprint density at radius 2 is 0.743 bits per heavy atom. The summed E-state index contributed by atoms with van der Waals surface area (Å²) < 4.78 is 14.1. The fraction of sp³-hybridized carbons (Fsp3) is 0.257. The lowest BCUT2D eigenvalue weighted by atomic mass is 9.83. The van der Waals surface area contributed by atoms with E-state index in [1.165, 1.54) is 65.7 Å². The maximum absolute atomic E-state index is 7.04. The molecule has 2 heterocycles. The number of para-hydroxylation sites is 2. The quantitative estimate of drug-likeness (QED) is 0.128. The molecular formula is C70H68N2O2. The van der Waals surface area contributed by atoms with E-state index in [4.69, 9.17) is 8.83 Å². The molecule has 0 spiro atoms. The van der Waals surface area contributed by atoms with Crippen molar-refractivity contribution in [3.8, 4) is 0 Å². The first kappa shape index (κ1) is 47.4. The predicted molar refractivity (Wildman–Crippen MR) is 318 cm³/mol. The van der Waals surface area contributed by atoms with Gasteiger partial charge >= 0.3 is 0 Å². The average molecular weight is 969 g/mol. The van der Waals surface area contributed by atoms with Crippen LogP contribution in [0.5, 0.6) is 0 Å². The highest BCUT2D eigenvalue weighted by molar-refractivity contribution is 6.30. The molecule has 370 valence electrons. The lowest BCUT2D eigenvalue weighted by Crippen LogP contribution is -2.16. The minimum atomic E-state index is -0.00331. The summed E-state index contributed by atoms with van der Waals surface area (Å²) in [5.74, 6) is 0.464. The normalized spacial score (nSPS) is 12.7. The standard InChI is InChI=1S/C70H68N2O2/c1-13-43-23-33-53-49-19-15-17-21-61(49)73-67(53)65(43)71(47-29-25-45(26-30-47)69(7,8)9)59-39-57(41(3)4)51-36-38-56-60(40-58(42(5)6)52-35-37-55(59)63(51)64(52)56)72(48-31-27-46(28-32-48)70(10,11)12)66-44(14-2)24-34-54-50-20-16-18-22-62(50)74-68(54)66/h15-42H,13-14H2,1-12H3. The van der Waals surface area contributed by atoms with E-state index in [1.807, 2.05) is 0 Å². The predicted octanol–water partition coefficient (Wildman–Crippen LogP) is 21.3. The van der Waals surface area contributed by atoms with Crippen LogP contribution in [0.3, 0.4) is 0 Å². The molecule has 2 aromatic heterocycles. The topological polar surface area (TPSA) is 32.8 Å². The minimum absolute atomic E-state index is 0.00331. The number of nitrogens with zero attached hydrogens (tertiary/aromatic N) is 2. The van der Waals surface area contributed by atoms with Crippen molar-refractivity contribution >= 4 is 110 Å². The number of anilines is 6. The van der Waals surface area contributed by atoms with Crippen molar-refractivity contribution < 1.29 is 8.83 Å². The molecule has 0 aliphatic rings. The van der Waals surface area contributed by atoms with Crippen molar-refractivity contribution in [2.45, 2.75) is 119 Å². The lowest BCUT2D eigenvalue weighted by molar-refractivity contribution is 0.590. The molecule has 0 saturated heterocycles. The third-order valence-electron chi connectivity index (χ3n) is 16.0. The van der Waals surface area contributed by atoms with Gasteiger partial charge in [0.05, 0.1) is 22.7 Å². The number of rotatable bonds is 10. The van der Waals surface area contributed by atoms with E-state index in [0.29, 0.717) is 0 Å². The van der Waals surface area contributed by atoms with Gasteiger partial charge in [-0.2, -0.15) is 0 Å². The molecule has 0 unspecified atom stereocenters. The van der Waals surface area contributed by atoms with Gasteiger partial charge in [0.15, 0.2) is 11.2 Å². The fourth-order valence-electron chi connectivity index (χ4n) is 12.0. The number of hydrogen-bond donors (Lipinski definition) is 0. The van der Waals surface area contributed by atoms with Crippen molar-refractivity contribution in [1.29, 1.82) is 0 Å². The van der Waals surface area contributed by atoms with E-state index in [1.54, 1.807) is 0 Å². The third-order valence-corrected chi connectivity index (χ3v) is 16.0. The zero-order valence-corrected chi connectivity index (χ0v) is 45.3. The van der Waals surface area contributed by atoms with Gasteiger partial charge in [0, 0.05) is 43.7 Å². The summed E-state index contributed by atoms with van der Waals surface area (Å²) in [6.07, 6.45) is 1.68. The monoisotopic (exact) mass is 969 g/mol. The molecule has 0 aliphatic carbocycles. The number of hydrogen-bond acceptors (Lipinski definition) is 4. The number of fused-ring (bicyclic) bond motifs is 6. The van der Waals surface area contributed by atoms with Crippen molar-refractivity contribution in [1.82, 2.24) is 0 Å². The van der Waals surface area contributed by atoms with Gasteiger partial charge in [-0.1, -0.05) is 192 Å². The summed E-state index contributed by atoms with van der Waals surface area (Å²) in [7, 11) is 0. The van der Waals surface area contributed by atoms with Gasteiger partial charge in [0.1, 0.15) is 11.2 Å². The Bertz CT molecular complexity index is 3840. The van der Waals surface area contributed by atoms with Crippen molar-refractivity contribution in [2.75, 3.05) is 9.80 Å².